The summed E-state index contributed by atoms with van der Waals surface area (Å²) in [5.41, 5.74) is 0. The Hall–Kier alpha value is -0.0800. The van der Waals surface area contributed by atoms with Crippen LogP contribution < -0.4 is 0 Å². The van der Waals surface area contributed by atoms with Crippen molar-refractivity contribution in [3.8, 4) is 0 Å². The van der Waals surface area contributed by atoms with Crippen LogP contribution in [0.5, 0.6) is 0 Å². The Morgan fingerprint density at radius 2 is 0.964 bits per heavy atom. The summed E-state index contributed by atoms with van der Waals surface area (Å²) in [7, 11) is 0. The van der Waals surface area contributed by atoms with Gasteiger partial charge in [-0.2, -0.15) is 0 Å². The van der Waals surface area contributed by atoms with Gasteiger partial charge in [-0.3, -0.25) is 4.90 Å². The predicted molar refractivity (Wildman–Crippen MR) is 129 cm³/mol. The maximum atomic E-state index is 2.77. The summed E-state index contributed by atoms with van der Waals surface area (Å²) >= 11 is 0. The largest absolute Gasteiger partial charge is 0.303 e. The molecule has 2 nitrogen and oxygen atoms in total. The van der Waals surface area contributed by atoms with Gasteiger partial charge in [-0.25, -0.2) is 0 Å². The molecule has 0 aliphatic rings. The monoisotopic (exact) mass is 396 g/mol. The van der Waals surface area contributed by atoms with Crippen LogP contribution in [0.15, 0.2) is 0 Å². The van der Waals surface area contributed by atoms with Gasteiger partial charge >= 0.3 is 0 Å². The second-order valence-corrected chi connectivity index (χ2v) is 9.51. The maximum Gasteiger partial charge on any atom is 0.00980 e. The molecule has 170 valence electrons. The highest BCUT2D eigenvalue weighted by Crippen LogP contribution is 2.19. The minimum atomic E-state index is 0.659. The summed E-state index contributed by atoms with van der Waals surface area (Å²) in [5, 5.41) is 0. The van der Waals surface area contributed by atoms with E-state index in [0.29, 0.717) is 12.1 Å². The topological polar surface area (TPSA) is 6.48 Å². The molecule has 0 saturated carbocycles. The second kappa shape index (κ2) is 18.9. The number of hydrogen-bond donors (Lipinski definition) is 0. The van der Waals surface area contributed by atoms with Crippen LogP contribution >= 0.6 is 0 Å². The molecule has 0 bridgehead atoms. The Balaban J connectivity index is 4.19. The van der Waals surface area contributed by atoms with Crippen molar-refractivity contribution in [2.24, 2.45) is 0 Å². The molecule has 2 heteroatoms. The molecule has 0 saturated heterocycles. The second-order valence-electron chi connectivity index (χ2n) is 9.51. The van der Waals surface area contributed by atoms with E-state index < -0.39 is 0 Å². The lowest BCUT2D eigenvalue weighted by molar-refractivity contribution is 0.101. The fraction of sp³-hybridized carbons (Fsp3) is 1.00. The Morgan fingerprint density at radius 3 is 1.32 bits per heavy atom. The molecule has 1 unspecified atom stereocenters. The van der Waals surface area contributed by atoms with Gasteiger partial charge in [-0.1, -0.05) is 72.1 Å². The van der Waals surface area contributed by atoms with Gasteiger partial charge in [0.05, 0.1) is 0 Å². The summed E-state index contributed by atoms with van der Waals surface area (Å²) in [6.45, 7) is 20.4. The third-order valence-electron chi connectivity index (χ3n) is 6.25. The van der Waals surface area contributed by atoms with Gasteiger partial charge in [0.15, 0.2) is 0 Å². The van der Waals surface area contributed by atoms with Crippen LogP contribution in [0.3, 0.4) is 0 Å². The number of hydrogen-bond acceptors (Lipinski definition) is 2. The highest BCUT2D eigenvalue weighted by atomic mass is 15.2. The van der Waals surface area contributed by atoms with E-state index in [2.05, 4.69) is 58.3 Å². The smallest absolute Gasteiger partial charge is 0.00980 e. The van der Waals surface area contributed by atoms with Crippen molar-refractivity contribution in [3.05, 3.63) is 0 Å². The number of rotatable bonds is 20. The Bertz CT molecular complexity index is 294. The van der Waals surface area contributed by atoms with E-state index in [4.69, 9.17) is 0 Å². The predicted octanol–water partition coefficient (Wildman–Crippen LogP) is 7.91. The van der Waals surface area contributed by atoms with Crippen LogP contribution in [-0.4, -0.2) is 47.6 Å². The minimum absolute atomic E-state index is 0.659. The standard InChI is InChI=1S/C26H56N2/c1-8-11-13-17-21-27(22-18-14-12-9-2)23-19-15-16-20-26(10-3)28(24(4)5)25(6)7/h24-26H,8-23H2,1-7H3. The molecule has 0 spiro atoms. The van der Waals surface area contributed by atoms with Crippen LogP contribution in [0, 0.1) is 0 Å². The van der Waals surface area contributed by atoms with E-state index in [-0.39, 0.29) is 0 Å². The van der Waals surface area contributed by atoms with E-state index >= 15 is 0 Å². The molecule has 0 fully saturated rings. The van der Waals surface area contributed by atoms with Crippen molar-refractivity contribution in [1.29, 1.82) is 0 Å². The minimum Gasteiger partial charge on any atom is -0.303 e. The molecule has 1 atom stereocenters. The molecule has 0 N–H and O–H groups in total. The van der Waals surface area contributed by atoms with Crippen molar-refractivity contribution in [1.82, 2.24) is 9.80 Å². The van der Waals surface area contributed by atoms with Crippen LogP contribution in [0.1, 0.15) is 132 Å². The average Bonchev–Trinajstić information content (AvgIpc) is 2.65. The van der Waals surface area contributed by atoms with Crippen molar-refractivity contribution in [3.63, 3.8) is 0 Å². The highest BCUT2D eigenvalue weighted by Gasteiger charge is 2.21. The van der Waals surface area contributed by atoms with Crippen LogP contribution in [-0.2, 0) is 0 Å². The first-order valence-corrected chi connectivity index (χ1v) is 13.0. The Labute approximate surface area is 179 Å². The van der Waals surface area contributed by atoms with E-state index in [9.17, 15) is 0 Å². The van der Waals surface area contributed by atoms with Gasteiger partial charge in [0, 0.05) is 18.1 Å². The SMILES string of the molecule is CCCCCCN(CCCCCC)CCCCCC(CC)N(C(C)C)C(C)C. The summed E-state index contributed by atoms with van der Waals surface area (Å²) in [6.07, 6.45) is 18.0. The molecule has 0 aromatic carbocycles. The summed E-state index contributed by atoms with van der Waals surface area (Å²) in [4.78, 5) is 5.50. The Morgan fingerprint density at radius 1 is 0.536 bits per heavy atom. The van der Waals surface area contributed by atoms with Crippen LogP contribution in [0.4, 0.5) is 0 Å². The van der Waals surface area contributed by atoms with Crippen molar-refractivity contribution in [2.75, 3.05) is 19.6 Å². The molecule has 0 aromatic heterocycles. The first kappa shape index (κ1) is 27.9. The first-order valence-electron chi connectivity index (χ1n) is 13.0. The molecule has 0 aliphatic carbocycles. The lowest BCUT2D eigenvalue weighted by atomic mass is 10.0. The molecule has 0 radical (unpaired) electrons. The van der Waals surface area contributed by atoms with E-state index in [1.807, 2.05) is 0 Å². The van der Waals surface area contributed by atoms with E-state index in [1.165, 1.54) is 103 Å². The molecule has 28 heavy (non-hydrogen) atoms. The molecular formula is C26H56N2. The van der Waals surface area contributed by atoms with E-state index in [1.54, 1.807) is 0 Å². The average molecular weight is 397 g/mol. The summed E-state index contributed by atoms with van der Waals surface area (Å²) in [6, 6.07) is 2.08. The number of nitrogens with zero attached hydrogens (tertiary/aromatic N) is 2. The molecule has 0 rings (SSSR count). The van der Waals surface area contributed by atoms with Crippen molar-refractivity contribution >= 4 is 0 Å². The zero-order valence-electron chi connectivity index (χ0n) is 20.9. The summed E-state index contributed by atoms with van der Waals surface area (Å²) in [5.74, 6) is 0. The van der Waals surface area contributed by atoms with Gasteiger partial charge < -0.3 is 4.90 Å². The zero-order valence-corrected chi connectivity index (χ0v) is 20.9. The molecule has 0 heterocycles. The normalized spacial score (nSPS) is 13.4. The van der Waals surface area contributed by atoms with Gasteiger partial charge in [0.25, 0.3) is 0 Å². The van der Waals surface area contributed by atoms with Gasteiger partial charge in [-0.15, -0.1) is 0 Å². The quantitative estimate of drug-likeness (QED) is 0.193. The third kappa shape index (κ3) is 14.0. The lowest BCUT2D eigenvalue weighted by Crippen LogP contribution is -2.44. The zero-order chi connectivity index (χ0) is 21.2. The third-order valence-corrected chi connectivity index (χ3v) is 6.25. The first-order chi connectivity index (χ1) is 13.5. The molecule has 0 aliphatic heterocycles. The molecule has 0 amide bonds. The highest BCUT2D eigenvalue weighted by molar-refractivity contribution is 4.77. The molecule has 0 aromatic rings. The molecular weight excluding hydrogens is 340 g/mol. The van der Waals surface area contributed by atoms with E-state index in [0.717, 1.165) is 6.04 Å². The van der Waals surface area contributed by atoms with Crippen molar-refractivity contribution in [2.45, 2.75) is 150 Å². The van der Waals surface area contributed by atoms with Gasteiger partial charge in [-0.05, 0) is 79.4 Å². The van der Waals surface area contributed by atoms with Gasteiger partial charge in [0.2, 0.25) is 0 Å². The maximum absolute atomic E-state index is 2.77. The van der Waals surface area contributed by atoms with Crippen LogP contribution in [0.2, 0.25) is 0 Å². The van der Waals surface area contributed by atoms with Crippen molar-refractivity contribution < 1.29 is 0 Å². The van der Waals surface area contributed by atoms with Crippen LogP contribution in [0.25, 0.3) is 0 Å². The fourth-order valence-electron chi connectivity index (χ4n) is 4.76. The lowest BCUT2D eigenvalue weighted by Gasteiger charge is -2.38. The Kier molecular flexibility index (Phi) is 18.9. The van der Waals surface area contributed by atoms with Gasteiger partial charge in [0.1, 0.15) is 0 Å². The fourth-order valence-corrected chi connectivity index (χ4v) is 4.76. The summed E-state index contributed by atoms with van der Waals surface area (Å²) < 4.78 is 0. The number of unbranched alkanes of at least 4 members (excludes halogenated alkanes) is 8.